The van der Waals surface area contributed by atoms with Crippen molar-refractivity contribution in [1.82, 2.24) is 4.31 Å². The van der Waals surface area contributed by atoms with Crippen LogP contribution in [-0.2, 0) is 19.6 Å². The molecule has 4 rings (SSSR count). The van der Waals surface area contributed by atoms with Gasteiger partial charge in [-0.3, -0.25) is 9.59 Å². The molecule has 0 spiro atoms. The number of hydrogen-bond donors (Lipinski definition) is 2. The highest BCUT2D eigenvalue weighted by Crippen LogP contribution is 2.35. The molecule has 1 unspecified atom stereocenters. The quantitative estimate of drug-likeness (QED) is 0.725. The van der Waals surface area contributed by atoms with Crippen molar-refractivity contribution in [3.8, 4) is 5.75 Å². The van der Waals surface area contributed by atoms with E-state index in [2.05, 4.69) is 10.6 Å². The average molecular weight is 464 g/mol. The van der Waals surface area contributed by atoms with Crippen molar-refractivity contribution in [2.24, 2.45) is 5.92 Å². The number of carbonyl (C=O) groups excluding carboxylic acids is 2. The number of piperidine rings is 1. The first kappa shape index (κ1) is 21.6. The summed E-state index contributed by atoms with van der Waals surface area (Å²) in [6.45, 7) is 1.92. The molecule has 2 aliphatic heterocycles. The van der Waals surface area contributed by atoms with Crippen molar-refractivity contribution in [2.75, 3.05) is 30.3 Å². The Balaban J connectivity index is 1.53. The second-order valence-electron chi connectivity index (χ2n) is 7.65. The largest absolute Gasteiger partial charge is 0.482 e. The number of sulfonamides is 1. The number of carbonyl (C=O) groups is 2. The van der Waals surface area contributed by atoms with Gasteiger partial charge in [-0.05, 0) is 49.6 Å². The van der Waals surface area contributed by atoms with E-state index in [1.807, 2.05) is 0 Å². The molecule has 31 heavy (non-hydrogen) atoms. The minimum Gasteiger partial charge on any atom is -0.482 e. The van der Waals surface area contributed by atoms with Gasteiger partial charge in [-0.15, -0.1) is 0 Å². The van der Waals surface area contributed by atoms with E-state index in [-0.39, 0.29) is 29.9 Å². The minimum atomic E-state index is -3.85. The van der Waals surface area contributed by atoms with Gasteiger partial charge in [-0.1, -0.05) is 17.7 Å². The fourth-order valence-electron chi connectivity index (χ4n) is 3.82. The topological polar surface area (TPSA) is 105 Å². The number of rotatable bonds is 4. The molecular formula is C21H22ClN3O5S. The summed E-state index contributed by atoms with van der Waals surface area (Å²) in [5.74, 6) is -0.686. The van der Waals surface area contributed by atoms with Crippen LogP contribution in [0.15, 0.2) is 41.3 Å². The van der Waals surface area contributed by atoms with Gasteiger partial charge in [0, 0.05) is 29.9 Å². The van der Waals surface area contributed by atoms with Crippen molar-refractivity contribution < 1.29 is 22.7 Å². The number of hydrogen-bond acceptors (Lipinski definition) is 5. The summed E-state index contributed by atoms with van der Waals surface area (Å²) in [5, 5.41) is 6.00. The van der Waals surface area contributed by atoms with Crippen molar-refractivity contribution in [3.05, 3.63) is 47.0 Å². The summed E-state index contributed by atoms with van der Waals surface area (Å²) in [6.07, 6.45) is 1.17. The van der Waals surface area contributed by atoms with Gasteiger partial charge < -0.3 is 15.4 Å². The molecule has 1 saturated heterocycles. The smallest absolute Gasteiger partial charge is 0.262 e. The lowest BCUT2D eigenvalue weighted by Crippen LogP contribution is -2.43. The number of amides is 2. The number of fused-ring (bicyclic) bond motifs is 1. The highest BCUT2D eigenvalue weighted by atomic mass is 35.5. The number of aryl methyl sites for hydroxylation is 1. The molecule has 2 heterocycles. The zero-order valence-electron chi connectivity index (χ0n) is 16.9. The minimum absolute atomic E-state index is 0.0862. The third-order valence-electron chi connectivity index (χ3n) is 5.37. The zero-order valence-corrected chi connectivity index (χ0v) is 18.4. The summed E-state index contributed by atoms with van der Waals surface area (Å²) < 4.78 is 33.4. The van der Waals surface area contributed by atoms with Crippen molar-refractivity contribution in [1.29, 1.82) is 0 Å². The predicted octanol–water partition coefficient (Wildman–Crippen LogP) is 3.02. The lowest BCUT2D eigenvalue weighted by atomic mass is 9.99. The van der Waals surface area contributed by atoms with Crippen LogP contribution in [0.3, 0.4) is 0 Å². The number of ether oxygens (including phenoxy) is 1. The van der Waals surface area contributed by atoms with Crippen LogP contribution in [0.5, 0.6) is 5.75 Å². The Labute approximate surface area is 185 Å². The van der Waals surface area contributed by atoms with Crippen LogP contribution in [0.1, 0.15) is 18.4 Å². The van der Waals surface area contributed by atoms with E-state index in [9.17, 15) is 18.0 Å². The van der Waals surface area contributed by atoms with Crippen molar-refractivity contribution in [3.63, 3.8) is 0 Å². The molecule has 2 aliphatic rings. The van der Waals surface area contributed by atoms with Crippen LogP contribution < -0.4 is 15.4 Å². The predicted molar refractivity (Wildman–Crippen MR) is 117 cm³/mol. The highest BCUT2D eigenvalue weighted by molar-refractivity contribution is 7.89. The Morgan fingerprint density at radius 2 is 2.10 bits per heavy atom. The summed E-state index contributed by atoms with van der Waals surface area (Å²) in [4.78, 5) is 24.4. The summed E-state index contributed by atoms with van der Waals surface area (Å²) >= 11 is 5.97. The number of anilines is 2. The summed E-state index contributed by atoms with van der Waals surface area (Å²) in [5.41, 5.74) is 1.52. The van der Waals surface area contributed by atoms with Crippen LogP contribution in [0.2, 0.25) is 5.02 Å². The second-order valence-corrected chi connectivity index (χ2v) is 10.00. The fraction of sp³-hybridized carbons (Fsp3) is 0.333. The molecule has 10 heteroatoms. The molecule has 1 fully saturated rings. The monoisotopic (exact) mass is 463 g/mol. The molecule has 2 aromatic rings. The Hall–Kier alpha value is -2.62. The summed E-state index contributed by atoms with van der Waals surface area (Å²) in [7, 11) is -3.85. The zero-order chi connectivity index (χ0) is 22.2. The Morgan fingerprint density at radius 1 is 1.29 bits per heavy atom. The fourth-order valence-corrected chi connectivity index (χ4v) is 5.75. The molecule has 2 aromatic carbocycles. The van der Waals surface area contributed by atoms with Gasteiger partial charge in [-0.25, -0.2) is 8.42 Å². The maximum Gasteiger partial charge on any atom is 0.262 e. The standard InChI is InChI=1S/C21H22ClN3O5S/c1-13-8-17-18(30-12-20(26)24-17)10-19(13)31(28,29)25-7-3-4-14(11-25)21(27)23-16-6-2-5-15(22)9-16/h2,5-6,8-10,14H,3-4,7,11-12H2,1H3,(H,23,27)(H,24,26). The van der Waals surface area contributed by atoms with Crippen LogP contribution in [0.4, 0.5) is 11.4 Å². The van der Waals surface area contributed by atoms with Crippen molar-refractivity contribution >= 4 is 44.8 Å². The number of halogens is 1. The number of nitrogens with one attached hydrogen (secondary N) is 2. The Kier molecular flexibility index (Phi) is 5.92. The molecule has 0 aromatic heterocycles. The molecular weight excluding hydrogens is 442 g/mol. The molecule has 0 radical (unpaired) electrons. The van der Waals surface area contributed by atoms with Crippen LogP contribution >= 0.6 is 11.6 Å². The first-order valence-electron chi connectivity index (χ1n) is 9.88. The second kappa shape index (κ2) is 8.49. The first-order valence-corrected chi connectivity index (χ1v) is 11.7. The Morgan fingerprint density at radius 3 is 2.87 bits per heavy atom. The van der Waals surface area contributed by atoms with E-state index in [4.69, 9.17) is 16.3 Å². The van der Waals surface area contributed by atoms with Gasteiger partial charge in [0.2, 0.25) is 15.9 Å². The van der Waals surface area contributed by atoms with E-state index in [0.29, 0.717) is 47.1 Å². The number of nitrogens with zero attached hydrogens (tertiary/aromatic N) is 1. The van der Waals surface area contributed by atoms with Gasteiger partial charge in [0.1, 0.15) is 5.75 Å². The lowest BCUT2D eigenvalue weighted by molar-refractivity contribution is -0.121. The van der Waals surface area contributed by atoms with E-state index in [0.717, 1.165) is 0 Å². The van der Waals surface area contributed by atoms with Crippen LogP contribution in [0.25, 0.3) is 0 Å². The maximum absolute atomic E-state index is 13.4. The molecule has 0 aliphatic carbocycles. The van der Waals surface area contributed by atoms with E-state index < -0.39 is 15.9 Å². The lowest BCUT2D eigenvalue weighted by Gasteiger charge is -2.32. The molecule has 164 valence electrons. The first-order chi connectivity index (χ1) is 14.7. The van der Waals surface area contributed by atoms with Gasteiger partial charge in [-0.2, -0.15) is 4.31 Å². The van der Waals surface area contributed by atoms with Gasteiger partial charge in [0.15, 0.2) is 6.61 Å². The van der Waals surface area contributed by atoms with Crippen LogP contribution in [-0.4, -0.2) is 44.2 Å². The van der Waals surface area contributed by atoms with E-state index >= 15 is 0 Å². The van der Waals surface area contributed by atoms with Gasteiger partial charge in [0.25, 0.3) is 5.91 Å². The molecule has 0 bridgehead atoms. The summed E-state index contributed by atoms with van der Waals surface area (Å²) in [6, 6.07) is 9.85. The van der Waals surface area contributed by atoms with Crippen molar-refractivity contribution in [2.45, 2.75) is 24.7 Å². The SMILES string of the molecule is Cc1cc2c(cc1S(=O)(=O)N1CCCC(C(=O)Nc3cccc(Cl)c3)C1)OCC(=O)N2. The van der Waals surface area contributed by atoms with E-state index in [1.54, 1.807) is 37.3 Å². The Bertz CT molecular complexity index is 1150. The highest BCUT2D eigenvalue weighted by Gasteiger charge is 2.35. The normalized spacial score (nSPS) is 19.2. The van der Waals surface area contributed by atoms with Gasteiger partial charge >= 0.3 is 0 Å². The number of benzene rings is 2. The van der Waals surface area contributed by atoms with Gasteiger partial charge in [0.05, 0.1) is 16.5 Å². The molecule has 2 N–H and O–H groups in total. The molecule has 1 atom stereocenters. The molecule has 8 nitrogen and oxygen atoms in total. The van der Waals surface area contributed by atoms with Crippen LogP contribution in [0, 0.1) is 12.8 Å². The maximum atomic E-state index is 13.4. The third-order valence-corrected chi connectivity index (χ3v) is 7.62. The molecule has 2 amide bonds. The average Bonchev–Trinajstić information content (AvgIpc) is 2.73. The molecule has 0 saturated carbocycles. The third kappa shape index (κ3) is 4.53. The van der Waals surface area contributed by atoms with E-state index in [1.165, 1.54) is 10.4 Å².